The SMILES string of the molecule is CC(=O)c1noc(-c2ncc(F)c([C@@]34CC[C@@H](c5cc(-c6c(F)cccc6F)nnc53)C4(C)C)n2)n1. The first-order valence-electron chi connectivity index (χ1n) is 11.4. The molecular formula is C25H19F3N6O2. The van der Waals surface area contributed by atoms with Gasteiger partial charge in [-0.3, -0.25) is 4.79 Å². The van der Waals surface area contributed by atoms with Gasteiger partial charge in [0, 0.05) is 6.92 Å². The van der Waals surface area contributed by atoms with Gasteiger partial charge in [0.25, 0.3) is 5.89 Å². The second-order valence-electron chi connectivity index (χ2n) is 9.72. The Morgan fingerprint density at radius 3 is 2.50 bits per heavy atom. The van der Waals surface area contributed by atoms with Gasteiger partial charge in [0.05, 0.1) is 34.3 Å². The number of halogens is 3. The number of Topliss-reactive ketones (excluding diaryl/α,β-unsaturated/α-hetero) is 1. The zero-order chi connectivity index (χ0) is 25.4. The number of aromatic nitrogens is 6. The molecule has 0 aliphatic heterocycles. The summed E-state index contributed by atoms with van der Waals surface area (Å²) in [7, 11) is 0. The molecular weight excluding hydrogens is 473 g/mol. The van der Waals surface area contributed by atoms with Crippen LogP contribution in [0.2, 0.25) is 0 Å². The standard InChI is InChI=1S/C25H19F3N6O2/c1-11(35)21-31-23(36-34-21)22-29-10-16(28)20(30-22)25-8-7-13(24(25,2)3)12-9-17(32-33-19(12)25)18-14(26)5-4-6-15(18)27/h4-6,9-10,13H,7-8H2,1-3H3/t13-,25+/m0/s1. The van der Waals surface area contributed by atoms with Gasteiger partial charge in [-0.25, -0.2) is 23.1 Å². The number of carbonyl (C=O) groups excluding carboxylic acids is 1. The van der Waals surface area contributed by atoms with E-state index in [1.165, 1.54) is 13.0 Å². The summed E-state index contributed by atoms with van der Waals surface area (Å²) in [6.45, 7) is 5.29. The summed E-state index contributed by atoms with van der Waals surface area (Å²) >= 11 is 0. The summed E-state index contributed by atoms with van der Waals surface area (Å²) in [5, 5.41) is 12.2. The fraction of sp³-hybridized carbons (Fsp3) is 0.320. The lowest BCUT2D eigenvalue weighted by molar-refractivity contribution is 0.100. The number of nitrogens with zero attached hydrogens (tertiary/aromatic N) is 6. The maximum absolute atomic E-state index is 15.4. The molecule has 3 heterocycles. The molecule has 0 radical (unpaired) electrons. The molecule has 3 aromatic heterocycles. The predicted octanol–water partition coefficient (Wildman–Crippen LogP) is 4.81. The Morgan fingerprint density at radius 1 is 1.06 bits per heavy atom. The highest BCUT2D eigenvalue weighted by molar-refractivity contribution is 5.90. The first-order chi connectivity index (χ1) is 17.1. The van der Waals surface area contributed by atoms with Crippen LogP contribution in [0.4, 0.5) is 13.2 Å². The molecule has 0 saturated heterocycles. The van der Waals surface area contributed by atoms with E-state index in [9.17, 15) is 13.6 Å². The minimum Gasteiger partial charge on any atom is -0.330 e. The van der Waals surface area contributed by atoms with Crippen molar-refractivity contribution in [2.24, 2.45) is 5.41 Å². The Hall–Kier alpha value is -4.02. The summed E-state index contributed by atoms with van der Waals surface area (Å²) in [5.41, 5.74) is -0.331. The summed E-state index contributed by atoms with van der Waals surface area (Å²) in [5.74, 6) is -2.85. The third-order valence-corrected chi connectivity index (χ3v) is 7.68. The minimum absolute atomic E-state index is 0.0218. The van der Waals surface area contributed by atoms with E-state index in [0.29, 0.717) is 18.5 Å². The number of carbonyl (C=O) groups is 1. The van der Waals surface area contributed by atoms with Crippen LogP contribution in [0.3, 0.4) is 0 Å². The molecule has 182 valence electrons. The van der Waals surface area contributed by atoms with Crippen LogP contribution in [-0.4, -0.2) is 36.1 Å². The Kier molecular flexibility index (Phi) is 4.67. The van der Waals surface area contributed by atoms with E-state index >= 15 is 4.39 Å². The van der Waals surface area contributed by atoms with Gasteiger partial charge in [0.1, 0.15) is 11.6 Å². The molecule has 2 aliphatic carbocycles. The van der Waals surface area contributed by atoms with Gasteiger partial charge in [-0.05, 0) is 47.9 Å². The van der Waals surface area contributed by atoms with Crippen molar-refractivity contribution in [3.05, 3.63) is 70.7 Å². The molecule has 0 unspecified atom stereocenters. The van der Waals surface area contributed by atoms with Crippen LogP contribution in [0, 0.1) is 22.9 Å². The van der Waals surface area contributed by atoms with E-state index in [0.717, 1.165) is 23.9 Å². The van der Waals surface area contributed by atoms with E-state index in [1.807, 2.05) is 13.8 Å². The summed E-state index contributed by atoms with van der Waals surface area (Å²) < 4.78 is 49.5. The zero-order valence-electron chi connectivity index (χ0n) is 19.5. The highest BCUT2D eigenvalue weighted by Crippen LogP contribution is 2.69. The third-order valence-electron chi connectivity index (χ3n) is 7.68. The molecule has 1 saturated carbocycles. The molecule has 2 bridgehead atoms. The van der Waals surface area contributed by atoms with Gasteiger partial charge in [0.15, 0.2) is 5.82 Å². The van der Waals surface area contributed by atoms with Gasteiger partial charge >= 0.3 is 0 Å². The third kappa shape index (κ3) is 2.85. The summed E-state index contributed by atoms with van der Waals surface area (Å²) in [4.78, 5) is 24.1. The van der Waals surface area contributed by atoms with Gasteiger partial charge < -0.3 is 4.52 Å². The monoisotopic (exact) mass is 492 g/mol. The molecule has 4 aromatic rings. The number of hydrogen-bond acceptors (Lipinski definition) is 8. The molecule has 1 aromatic carbocycles. The molecule has 8 nitrogen and oxygen atoms in total. The van der Waals surface area contributed by atoms with Crippen molar-refractivity contribution in [2.45, 2.75) is 44.9 Å². The molecule has 6 rings (SSSR count). The lowest BCUT2D eigenvalue weighted by Gasteiger charge is -2.37. The second-order valence-corrected chi connectivity index (χ2v) is 9.72. The average molecular weight is 492 g/mol. The topological polar surface area (TPSA) is 108 Å². The van der Waals surface area contributed by atoms with Gasteiger partial charge in [-0.2, -0.15) is 10.1 Å². The molecule has 0 N–H and O–H groups in total. The maximum atomic E-state index is 15.4. The van der Waals surface area contributed by atoms with E-state index in [2.05, 4.69) is 30.3 Å². The van der Waals surface area contributed by atoms with Crippen molar-refractivity contribution in [2.75, 3.05) is 0 Å². The van der Waals surface area contributed by atoms with Crippen LogP contribution in [0.1, 0.15) is 67.1 Å². The molecule has 1 fully saturated rings. The van der Waals surface area contributed by atoms with Crippen LogP contribution in [0.15, 0.2) is 35.0 Å². The van der Waals surface area contributed by atoms with Crippen molar-refractivity contribution < 1.29 is 22.5 Å². The van der Waals surface area contributed by atoms with Crippen LogP contribution in [0.5, 0.6) is 0 Å². The van der Waals surface area contributed by atoms with E-state index in [-0.39, 0.29) is 40.4 Å². The fourth-order valence-electron chi connectivity index (χ4n) is 5.94. The number of ketones is 1. The Bertz CT molecular complexity index is 1550. The molecule has 2 atom stereocenters. The lowest BCUT2D eigenvalue weighted by Crippen LogP contribution is -2.39. The maximum Gasteiger partial charge on any atom is 0.296 e. The molecule has 36 heavy (non-hydrogen) atoms. The lowest BCUT2D eigenvalue weighted by atomic mass is 9.66. The van der Waals surface area contributed by atoms with Crippen LogP contribution >= 0.6 is 0 Å². The first kappa shape index (κ1) is 22.4. The molecule has 0 amide bonds. The van der Waals surface area contributed by atoms with E-state index in [1.54, 1.807) is 6.07 Å². The Balaban J connectivity index is 1.53. The second kappa shape index (κ2) is 7.49. The first-order valence-corrected chi connectivity index (χ1v) is 11.4. The predicted molar refractivity (Wildman–Crippen MR) is 119 cm³/mol. The Labute approximate surface area is 203 Å². The van der Waals surface area contributed by atoms with Crippen LogP contribution in [0.25, 0.3) is 23.0 Å². The Morgan fingerprint density at radius 2 is 1.81 bits per heavy atom. The van der Waals surface area contributed by atoms with Crippen molar-refractivity contribution in [1.29, 1.82) is 0 Å². The van der Waals surface area contributed by atoms with Crippen LogP contribution < -0.4 is 0 Å². The van der Waals surface area contributed by atoms with Crippen LogP contribution in [-0.2, 0) is 5.41 Å². The van der Waals surface area contributed by atoms with E-state index < -0.39 is 34.1 Å². The van der Waals surface area contributed by atoms with Crippen molar-refractivity contribution >= 4 is 5.78 Å². The highest BCUT2D eigenvalue weighted by Gasteiger charge is 2.66. The highest BCUT2D eigenvalue weighted by atomic mass is 19.1. The average Bonchev–Trinajstić information content (AvgIpc) is 3.48. The number of fused-ring (bicyclic) bond motifs is 5. The summed E-state index contributed by atoms with van der Waals surface area (Å²) in [6.07, 6.45) is 2.26. The largest absolute Gasteiger partial charge is 0.330 e. The fourth-order valence-corrected chi connectivity index (χ4v) is 5.94. The summed E-state index contributed by atoms with van der Waals surface area (Å²) in [6, 6.07) is 5.26. The minimum atomic E-state index is -0.975. The van der Waals surface area contributed by atoms with Gasteiger partial charge in [-0.1, -0.05) is 25.1 Å². The molecule has 2 aliphatic rings. The smallest absolute Gasteiger partial charge is 0.296 e. The van der Waals surface area contributed by atoms with Gasteiger partial charge in [0.2, 0.25) is 17.4 Å². The molecule has 0 spiro atoms. The quantitative estimate of drug-likeness (QED) is 0.374. The van der Waals surface area contributed by atoms with Gasteiger partial charge in [-0.15, -0.1) is 5.10 Å². The van der Waals surface area contributed by atoms with Crippen molar-refractivity contribution in [3.8, 4) is 23.0 Å². The number of benzene rings is 1. The normalized spacial score (nSPS) is 21.6. The number of hydrogen-bond donors (Lipinski definition) is 0. The zero-order valence-corrected chi connectivity index (χ0v) is 19.5. The molecule has 11 heteroatoms. The number of rotatable bonds is 4. The van der Waals surface area contributed by atoms with E-state index in [4.69, 9.17) is 4.52 Å². The van der Waals surface area contributed by atoms with Crippen molar-refractivity contribution in [3.63, 3.8) is 0 Å². The van der Waals surface area contributed by atoms with Crippen molar-refractivity contribution in [1.82, 2.24) is 30.3 Å².